The van der Waals surface area contributed by atoms with Gasteiger partial charge in [0.05, 0.1) is 10.5 Å². The average molecular weight is 393 g/mol. The Morgan fingerprint density at radius 2 is 2.00 bits per heavy atom. The fourth-order valence-corrected chi connectivity index (χ4v) is 6.77. The van der Waals surface area contributed by atoms with Crippen LogP contribution in [0.1, 0.15) is 24.0 Å². The van der Waals surface area contributed by atoms with Crippen LogP contribution in [-0.2, 0) is 21.2 Å². The first-order chi connectivity index (χ1) is 13.5. The van der Waals surface area contributed by atoms with Crippen LogP contribution in [0.25, 0.3) is 11.0 Å². The molecule has 28 heavy (non-hydrogen) atoms. The minimum Gasteiger partial charge on any atom is -0.423 e. The molecule has 1 atom stereocenters. The summed E-state index contributed by atoms with van der Waals surface area (Å²) in [7, 11) is -2.04. The highest BCUT2D eigenvalue weighted by Crippen LogP contribution is 2.62. The number of hydrogen-bond donors (Lipinski definition) is 2. The Hall–Kier alpha value is -2.00. The van der Waals surface area contributed by atoms with Crippen LogP contribution >= 0.6 is 0 Å². The maximum absolute atomic E-state index is 12.8. The molecule has 8 heteroatoms. The zero-order valence-electron chi connectivity index (χ0n) is 15.5. The Bertz CT molecular complexity index is 1120. The number of pyridine rings is 1. The van der Waals surface area contributed by atoms with E-state index in [0.717, 1.165) is 52.9 Å². The van der Waals surface area contributed by atoms with Crippen LogP contribution < -0.4 is 5.46 Å². The molecule has 142 valence electrons. The average Bonchev–Trinajstić information content (AvgIpc) is 3.20. The van der Waals surface area contributed by atoms with Gasteiger partial charge in [0.1, 0.15) is 16.6 Å². The molecule has 3 aromatic rings. The predicted octanol–water partition coefficient (Wildman–Crippen LogP) is 1.60. The van der Waals surface area contributed by atoms with Gasteiger partial charge in [-0.1, -0.05) is 17.7 Å². The summed E-state index contributed by atoms with van der Waals surface area (Å²) in [5.74, 6) is 0. The number of nitrogens with zero attached hydrogens (tertiary/aromatic N) is 2. The molecule has 1 aliphatic carbocycles. The molecule has 1 saturated heterocycles. The third-order valence-electron chi connectivity index (χ3n) is 6.48. The summed E-state index contributed by atoms with van der Waals surface area (Å²) in [6.07, 6.45) is 5.28. The summed E-state index contributed by atoms with van der Waals surface area (Å²) in [5, 5.41) is 11.5. The molecule has 4 heterocycles. The Morgan fingerprint density at radius 3 is 2.75 bits per heavy atom. The first-order valence-electron chi connectivity index (χ1n) is 9.55. The molecule has 2 aliphatic heterocycles. The van der Waals surface area contributed by atoms with Gasteiger partial charge in [0.2, 0.25) is 0 Å². The highest BCUT2D eigenvalue weighted by atomic mass is 32.2. The third-order valence-corrected chi connectivity index (χ3v) is 7.88. The monoisotopic (exact) mass is 393 g/mol. The molecule has 1 aromatic carbocycles. The van der Waals surface area contributed by atoms with E-state index < -0.39 is 23.7 Å². The van der Waals surface area contributed by atoms with Crippen molar-refractivity contribution >= 4 is 34.6 Å². The maximum atomic E-state index is 12.8. The van der Waals surface area contributed by atoms with Gasteiger partial charge >= 0.3 is 7.12 Å². The van der Waals surface area contributed by atoms with Crippen molar-refractivity contribution < 1.29 is 13.9 Å². The summed E-state index contributed by atoms with van der Waals surface area (Å²) in [6.45, 7) is 3.63. The molecule has 2 aromatic heterocycles. The molecule has 1 unspecified atom stereocenters. The second kappa shape index (κ2) is 5.54. The number of aromatic amines is 1. The normalized spacial score (nSPS) is 23.0. The Balaban J connectivity index is 1.23. The number of nitrogens with one attached hydrogen (secondary N) is 1. The highest BCUT2D eigenvalue weighted by Gasteiger charge is 2.66. The lowest BCUT2D eigenvalue weighted by Gasteiger charge is -2.62. The molecule has 0 radical (unpaired) electrons. The van der Waals surface area contributed by atoms with Crippen molar-refractivity contribution in [3.8, 4) is 0 Å². The summed E-state index contributed by atoms with van der Waals surface area (Å²) in [4.78, 5) is 8.39. The smallest absolute Gasteiger partial charge is 0.423 e. The van der Waals surface area contributed by atoms with E-state index in [1.54, 1.807) is 6.20 Å². The molecule has 2 N–H and O–H groups in total. The topological polar surface area (TPSA) is 78.5 Å². The fraction of sp³-hybridized carbons (Fsp3) is 0.350. The zero-order valence-corrected chi connectivity index (χ0v) is 16.3. The van der Waals surface area contributed by atoms with E-state index in [9.17, 15) is 9.23 Å². The summed E-state index contributed by atoms with van der Waals surface area (Å²) >= 11 is 0. The van der Waals surface area contributed by atoms with Crippen molar-refractivity contribution in [2.45, 2.75) is 30.3 Å². The van der Waals surface area contributed by atoms with Crippen molar-refractivity contribution in [3.05, 3.63) is 53.9 Å². The second-order valence-electron chi connectivity index (χ2n) is 8.51. The first kappa shape index (κ1) is 16.9. The van der Waals surface area contributed by atoms with Gasteiger partial charge in [-0.2, -0.15) is 0 Å². The van der Waals surface area contributed by atoms with Gasteiger partial charge < -0.3 is 14.7 Å². The van der Waals surface area contributed by atoms with E-state index in [4.69, 9.17) is 4.65 Å². The Labute approximate surface area is 165 Å². The van der Waals surface area contributed by atoms with Crippen molar-refractivity contribution in [1.82, 2.24) is 14.3 Å². The lowest BCUT2D eigenvalue weighted by Crippen LogP contribution is -2.67. The van der Waals surface area contributed by atoms with Crippen molar-refractivity contribution in [3.63, 3.8) is 0 Å². The molecule has 2 spiro atoms. The summed E-state index contributed by atoms with van der Waals surface area (Å²) in [5.41, 5.74) is 3.52. The number of aryl methyl sites for hydroxylation is 1. The van der Waals surface area contributed by atoms with Crippen LogP contribution in [0.5, 0.6) is 0 Å². The quantitative estimate of drug-likeness (QED) is 0.649. The van der Waals surface area contributed by atoms with Crippen LogP contribution in [0.2, 0.25) is 0 Å². The number of rotatable bonds is 2. The second-order valence-corrected chi connectivity index (χ2v) is 9.99. The molecule has 0 amide bonds. The fourth-order valence-electron chi connectivity index (χ4n) is 5.32. The van der Waals surface area contributed by atoms with Crippen molar-refractivity contribution in [2.24, 2.45) is 5.41 Å². The molecule has 0 bridgehead atoms. The molecule has 2 fully saturated rings. The van der Waals surface area contributed by atoms with E-state index in [-0.39, 0.29) is 5.41 Å². The largest absolute Gasteiger partial charge is 0.493 e. The number of aromatic nitrogens is 2. The van der Waals surface area contributed by atoms with Gasteiger partial charge in [0, 0.05) is 41.7 Å². The third kappa shape index (κ3) is 2.20. The molecule has 6 rings (SSSR count). The van der Waals surface area contributed by atoms with Gasteiger partial charge in [-0.15, -0.1) is 0 Å². The van der Waals surface area contributed by atoms with Gasteiger partial charge in [0.25, 0.3) is 0 Å². The van der Waals surface area contributed by atoms with E-state index >= 15 is 0 Å². The summed E-state index contributed by atoms with van der Waals surface area (Å²) < 4.78 is 20.9. The molecule has 6 nitrogen and oxygen atoms in total. The molecular formula is C20H20BN3O3S. The molecule has 1 saturated carbocycles. The highest BCUT2D eigenvalue weighted by molar-refractivity contribution is 7.82. The number of fused-ring (bicyclic) bond motifs is 4. The van der Waals surface area contributed by atoms with E-state index in [1.807, 2.05) is 47.8 Å². The number of benzene rings is 1. The van der Waals surface area contributed by atoms with Gasteiger partial charge in [0.15, 0.2) is 0 Å². The van der Waals surface area contributed by atoms with Gasteiger partial charge in [-0.25, -0.2) is 13.5 Å². The van der Waals surface area contributed by atoms with E-state index in [0.29, 0.717) is 0 Å². The minimum atomic E-state index is -1.12. The lowest BCUT2D eigenvalue weighted by atomic mass is 9.54. The van der Waals surface area contributed by atoms with Crippen molar-refractivity contribution in [2.75, 3.05) is 13.1 Å². The van der Waals surface area contributed by atoms with E-state index in [1.165, 1.54) is 5.56 Å². The number of hydrogen-bond acceptors (Lipinski definition) is 4. The first-order valence-corrected chi connectivity index (χ1v) is 10.7. The predicted molar refractivity (Wildman–Crippen MR) is 107 cm³/mol. The molecule has 3 aliphatic rings. The Kier molecular flexibility index (Phi) is 3.35. The van der Waals surface area contributed by atoms with Crippen LogP contribution in [0.3, 0.4) is 0 Å². The standard InChI is InChI=1S/C20H20BN3O3S/c1-13-2-4-14(5-3-13)28(26)24-11-19(12-24)9-20(10-19)17-15-6-7-22-18(15)23-8-16(17)21(25)27-20/h2-8,25H,9-12H2,1H3,(H,22,23). The lowest BCUT2D eigenvalue weighted by molar-refractivity contribution is -0.161. The van der Waals surface area contributed by atoms with Gasteiger partial charge in [-0.05, 0) is 43.5 Å². The maximum Gasteiger partial charge on any atom is 0.493 e. The molecular weight excluding hydrogens is 373 g/mol. The minimum absolute atomic E-state index is 0.119. The SMILES string of the molecule is Cc1ccc(S(=O)N2CC3(C2)CC2(C3)OB(O)c3cnc4[nH]ccc4c32)cc1. The number of H-pyrrole nitrogens is 1. The van der Waals surface area contributed by atoms with E-state index in [2.05, 4.69) is 9.97 Å². The van der Waals surface area contributed by atoms with Crippen LogP contribution in [0, 0.1) is 12.3 Å². The van der Waals surface area contributed by atoms with Crippen LogP contribution in [0.15, 0.2) is 47.6 Å². The van der Waals surface area contributed by atoms with Crippen LogP contribution in [0.4, 0.5) is 0 Å². The van der Waals surface area contributed by atoms with Crippen LogP contribution in [-0.4, -0.2) is 43.7 Å². The van der Waals surface area contributed by atoms with Crippen molar-refractivity contribution in [1.29, 1.82) is 0 Å². The Morgan fingerprint density at radius 1 is 1.25 bits per heavy atom. The van der Waals surface area contributed by atoms with Gasteiger partial charge in [-0.3, -0.25) is 0 Å². The zero-order chi connectivity index (χ0) is 19.1. The summed E-state index contributed by atoms with van der Waals surface area (Å²) in [6, 6.07) is 9.90.